The van der Waals surface area contributed by atoms with Gasteiger partial charge >= 0.3 is 0 Å². The zero-order valence-electron chi connectivity index (χ0n) is 16.1. The number of methoxy groups -OCH3 is 1. The van der Waals surface area contributed by atoms with E-state index in [4.69, 9.17) is 9.47 Å². The highest BCUT2D eigenvalue weighted by Crippen LogP contribution is 2.28. The molecular formula is C21H34N2O2. The van der Waals surface area contributed by atoms with Crippen LogP contribution in [0.4, 0.5) is 0 Å². The molecule has 4 heteroatoms. The third-order valence-corrected chi connectivity index (χ3v) is 4.71. The van der Waals surface area contributed by atoms with E-state index in [2.05, 4.69) is 35.9 Å². The lowest BCUT2D eigenvalue weighted by molar-refractivity contribution is 0.195. The van der Waals surface area contributed by atoms with E-state index in [9.17, 15) is 0 Å². The van der Waals surface area contributed by atoms with Gasteiger partial charge in [0.15, 0.2) is 11.5 Å². The molecule has 0 aliphatic carbocycles. The van der Waals surface area contributed by atoms with E-state index in [1.54, 1.807) is 7.11 Å². The fourth-order valence-corrected chi connectivity index (χ4v) is 3.15. The van der Waals surface area contributed by atoms with Crippen LogP contribution in [-0.2, 0) is 6.54 Å². The summed E-state index contributed by atoms with van der Waals surface area (Å²) in [5.41, 5.74) is 2.23. The van der Waals surface area contributed by atoms with Crippen molar-refractivity contribution in [1.82, 2.24) is 10.2 Å². The molecule has 25 heavy (non-hydrogen) atoms. The van der Waals surface area contributed by atoms with E-state index in [1.807, 2.05) is 13.0 Å². The molecule has 1 aromatic rings. The Morgan fingerprint density at radius 1 is 1.28 bits per heavy atom. The second kappa shape index (κ2) is 10.5. The number of rotatable bonds is 10. The van der Waals surface area contributed by atoms with Gasteiger partial charge < -0.3 is 19.7 Å². The first kappa shape index (κ1) is 19.8. The van der Waals surface area contributed by atoms with E-state index >= 15 is 0 Å². The Morgan fingerprint density at radius 2 is 2.04 bits per heavy atom. The predicted molar refractivity (Wildman–Crippen MR) is 105 cm³/mol. The second-order valence-corrected chi connectivity index (χ2v) is 7.08. The first-order valence-electron chi connectivity index (χ1n) is 9.52. The summed E-state index contributed by atoms with van der Waals surface area (Å²) in [6, 6.07) is 6.78. The SMILES string of the molecule is C=C(C)COc1cc(CNC2CCN(CCCC)CC2)ccc1OC. The lowest BCUT2D eigenvalue weighted by atomic mass is 10.0. The van der Waals surface area contributed by atoms with Crippen LogP contribution in [0.2, 0.25) is 0 Å². The van der Waals surface area contributed by atoms with Crippen LogP contribution < -0.4 is 14.8 Å². The number of nitrogens with zero attached hydrogens (tertiary/aromatic N) is 1. The van der Waals surface area contributed by atoms with Crippen molar-refractivity contribution in [2.45, 2.75) is 52.1 Å². The minimum atomic E-state index is 0.517. The smallest absolute Gasteiger partial charge is 0.161 e. The summed E-state index contributed by atoms with van der Waals surface area (Å²) in [6.07, 6.45) is 5.07. The van der Waals surface area contributed by atoms with Crippen LogP contribution in [0, 0.1) is 0 Å². The second-order valence-electron chi connectivity index (χ2n) is 7.08. The van der Waals surface area contributed by atoms with Gasteiger partial charge in [-0.05, 0) is 69.1 Å². The fraction of sp³-hybridized carbons (Fsp3) is 0.619. The van der Waals surface area contributed by atoms with Gasteiger partial charge in [-0.2, -0.15) is 0 Å². The normalized spacial score (nSPS) is 16.0. The van der Waals surface area contributed by atoms with E-state index in [1.165, 1.54) is 50.9 Å². The standard InChI is InChI=1S/C21H34N2O2/c1-5-6-11-23-12-9-19(10-13-23)22-15-18-7-8-20(24-4)21(14-18)25-16-17(2)3/h7-8,14,19,22H,2,5-6,9-13,15-16H2,1,3-4H3. The number of hydrogen-bond acceptors (Lipinski definition) is 4. The third-order valence-electron chi connectivity index (χ3n) is 4.71. The molecule has 1 aromatic carbocycles. The zero-order valence-corrected chi connectivity index (χ0v) is 16.1. The summed E-state index contributed by atoms with van der Waals surface area (Å²) < 4.78 is 11.2. The lowest BCUT2D eigenvalue weighted by Crippen LogP contribution is -2.42. The molecule has 1 fully saturated rings. The Kier molecular flexibility index (Phi) is 8.29. The molecule has 0 atom stereocenters. The van der Waals surface area contributed by atoms with Crippen LogP contribution in [-0.4, -0.2) is 44.3 Å². The molecular weight excluding hydrogens is 312 g/mol. The molecule has 1 aliphatic heterocycles. The number of piperidine rings is 1. The van der Waals surface area contributed by atoms with Gasteiger partial charge in [-0.3, -0.25) is 0 Å². The van der Waals surface area contributed by atoms with Crippen LogP contribution in [0.1, 0.15) is 45.1 Å². The summed E-state index contributed by atoms with van der Waals surface area (Å²) >= 11 is 0. The molecule has 2 rings (SSSR count). The summed E-state index contributed by atoms with van der Waals surface area (Å²) in [5.74, 6) is 1.56. The average molecular weight is 347 g/mol. The quantitative estimate of drug-likeness (QED) is 0.649. The molecule has 140 valence electrons. The largest absolute Gasteiger partial charge is 0.493 e. The van der Waals surface area contributed by atoms with Gasteiger partial charge in [-0.15, -0.1) is 0 Å². The molecule has 0 spiro atoms. The van der Waals surface area contributed by atoms with Gasteiger partial charge in [0.05, 0.1) is 7.11 Å². The maximum absolute atomic E-state index is 5.81. The highest BCUT2D eigenvalue weighted by molar-refractivity contribution is 5.43. The minimum Gasteiger partial charge on any atom is -0.493 e. The number of benzene rings is 1. The van der Waals surface area contributed by atoms with Crippen LogP contribution in [0.25, 0.3) is 0 Å². The molecule has 0 unspecified atom stereocenters. The molecule has 1 saturated heterocycles. The average Bonchev–Trinajstić information content (AvgIpc) is 2.63. The van der Waals surface area contributed by atoms with Gasteiger partial charge in [0, 0.05) is 12.6 Å². The van der Waals surface area contributed by atoms with Crippen molar-refractivity contribution in [2.75, 3.05) is 33.4 Å². The van der Waals surface area contributed by atoms with Gasteiger partial charge in [0.1, 0.15) is 6.61 Å². The van der Waals surface area contributed by atoms with E-state index < -0.39 is 0 Å². The van der Waals surface area contributed by atoms with E-state index in [0.717, 1.165) is 23.6 Å². The number of likely N-dealkylation sites (tertiary alicyclic amines) is 1. The van der Waals surface area contributed by atoms with Crippen molar-refractivity contribution < 1.29 is 9.47 Å². The van der Waals surface area contributed by atoms with Crippen molar-refractivity contribution in [3.63, 3.8) is 0 Å². The number of nitrogens with one attached hydrogen (secondary N) is 1. The van der Waals surface area contributed by atoms with Gasteiger partial charge in [0.2, 0.25) is 0 Å². The van der Waals surface area contributed by atoms with Crippen LogP contribution >= 0.6 is 0 Å². The monoisotopic (exact) mass is 346 g/mol. The zero-order chi connectivity index (χ0) is 18.1. The highest BCUT2D eigenvalue weighted by Gasteiger charge is 2.18. The Balaban J connectivity index is 1.82. The topological polar surface area (TPSA) is 33.7 Å². The van der Waals surface area contributed by atoms with Crippen molar-refractivity contribution in [3.8, 4) is 11.5 Å². The van der Waals surface area contributed by atoms with Crippen LogP contribution in [0.15, 0.2) is 30.4 Å². The van der Waals surface area contributed by atoms with Crippen molar-refractivity contribution in [2.24, 2.45) is 0 Å². The van der Waals surface area contributed by atoms with Gasteiger partial charge in [-0.1, -0.05) is 26.0 Å². The Hall–Kier alpha value is -1.52. The molecule has 1 aliphatic rings. The molecule has 0 saturated carbocycles. The summed E-state index contributed by atoms with van der Waals surface area (Å²) in [4.78, 5) is 2.60. The first-order valence-corrected chi connectivity index (χ1v) is 9.52. The number of unbranched alkanes of at least 4 members (excludes halogenated alkanes) is 1. The minimum absolute atomic E-state index is 0.517. The molecule has 1 heterocycles. The summed E-state index contributed by atoms with van der Waals surface area (Å²) in [6.45, 7) is 13.2. The Bertz CT molecular complexity index is 537. The summed E-state index contributed by atoms with van der Waals surface area (Å²) in [5, 5.41) is 3.70. The molecule has 0 amide bonds. The Labute approximate surface area is 153 Å². The molecule has 1 N–H and O–H groups in total. The van der Waals surface area contributed by atoms with E-state index in [-0.39, 0.29) is 0 Å². The first-order chi connectivity index (χ1) is 12.1. The van der Waals surface area contributed by atoms with Gasteiger partial charge in [0.25, 0.3) is 0 Å². The number of ether oxygens (including phenoxy) is 2. The maximum atomic E-state index is 5.81. The molecule has 0 aromatic heterocycles. The predicted octanol–water partition coefficient (Wildman–Crippen LogP) is 4.00. The third kappa shape index (κ3) is 6.71. The highest BCUT2D eigenvalue weighted by atomic mass is 16.5. The van der Waals surface area contributed by atoms with Crippen molar-refractivity contribution in [3.05, 3.63) is 35.9 Å². The Morgan fingerprint density at radius 3 is 2.68 bits per heavy atom. The summed E-state index contributed by atoms with van der Waals surface area (Å²) in [7, 11) is 1.67. The van der Waals surface area contributed by atoms with E-state index in [0.29, 0.717) is 12.6 Å². The maximum Gasteiger partial charge on any atom is 0.161 e. The number of hydrogen-bond donors (Lipinski definition) is 1. The molecule has 0 radical (unpaired) electrons. The van der Waals surface area contributed by atoms with Crippen LogP contribution in [0.3, 0.4) is 0 Å². The van der Waals surface area contributed by atoms with Gasteiger partial charge in [-0.25, -0.2) is 0 Å². The van der Waals surface area contributed by atoms with Crippen molar-refractivity contribution >= 4 is 0 Å². The van der Waals surface area contributed by atoms with Crippen LogP contribution in [0.5, 0.6) is 11.5 Å². The van der Waals surface area contributed by atoms with Crippen molar-refractivity contribution in [1.29, 1.82) is 0 Å². The fourth-order valence-electron chi connectivity index (χ4n) is 3.15. The molecule has 0 bridgehead atoms. The molecule has 4 nitrogen and oxygen atoms in total. The lowest BCUT2D eigenvalue weighted by Gasteiger charge is -2.32.